The summed E-state index contributed by atoms with van der Waals surface area (Å²) >= 11 is 1.25. The predicted molar refractivity (Wildman–Crippen MR) is 147 cm³/mol. The molecule has 0 saturated heterocycles. The average molecular weight is 538 g/mol. The number of esters is 1. The maximum Gasteiger partial charge on any atom is 0.338 e. The minimum atomic E-state index is -0.677. The summed E-state index contributed by atoms with van der Waals surface area (Å²) in [5.74, 6) is 0.925. The number of nitrogens with zero attached hydrogens (tertiary/aromatic N) is 3. The van der Waals surface area contributed by atoms with Crippen molar-refractivity contribution >= 4 is 29.1 Å². The molecule has 0 amide bonds. The van der Waals surface area contributed by atoms with Gasteiger partial charge in [-0.1, -0.05) is 23.5 Å². The summed E-state index contributed by atoms with van der Waals surface area (Å²) in [6.45, 7) is 3.73. The van der Waals surface area contributed by atoms with Crippen molar-refractivity contribution in [2.45, 2.75) is 19.9 Å². The third-order valence-electron chi connectivity index (χ3n) is 6.23. The minimum Gasteiger partial charge on any atom is -0.493 e. The normalized spacial score (nSPS) is 15.0. The lowest BCUT2D eigenvalue weighted by molar-refractivity contribution is -0.139. The Hall–Kier alpha value is -4.05. The molecule has 3 aromatic rings. The second-order valence-electron chi connectivity index (χ2n) is 8.75. The van der Waals surface area contributed by atoms with Crippen LogP contribution in [0.2, 0.25) is 0 Å². The van der Waals surface area contributed by atoms with Crippen molar-refractivity contribution < 1.29 is 23.7 Å². The molecule has 0 radical (unpaired) electrons. The van der Waals surface area contributed by atoms with Crippen LogP contribution in [0.3, 0.4) is 0 Å². The van der Waals surface area contributed by atoms with Crippen LogP contribution in [0.4, 0.5) is 5.69 Å². The van der Waals surface area contributed by atoms with Gasteiger partial charge in [-0.05, 0) is 55.3 Å². The Morgan fingerprint density at radius 3 is 2.24 bits per heavy atom. The molecule has 2 heterocycles. The molecule has 10 heteroatoms. The van der Waals surface area contributed by atoms with Crippen molar-refractivity contribution in [1.82, 2.24) is 4.57 Å². The van der Waals surface area contributed by atoms with E-state index in [1.54, 1.807) is 36.6 Å². The predicted octanol–water partition coefficient (Wildman–Crippen LogP) is 2.89. The van der Waals surface area contributed by atoms with Crippen molar-refractivity contribution in [3.8, 4) is 17.2 Å². The number of hydrogen-bond acceptors (Lipinski definition) is 9. The van der Waals surface area contributed by atoms with Gasteiger partial charge in [-0.25, -0.2) is 9.79 Å². The number of carbonyl (C=O) groups excluding carboxylic acids is 1. The van der Waals surface area contributed by atoms with Gasteiger partial charge in [0.05, 0.1) is 49.8 Å². The molecule has 4 rings (SSSR count). The lowest BCUT2D eigenvalue weighted by atomic mass is 9.95. The first-order chi connectivity index (χ1) is 18.2. The van der Waals surface area contributed by atoms with E-state index in [-0.39, 0.29) is 12.2 Å². The third kappa shape index (κ3) is 4.91. The number of methoxy groups -OCH3 is 3. The molecule has 1 aliphatic heterocycles. The van der Waals surface area contributed by atoms with Crippen LogP contribution < -0.4 is 34.0 Å². The Bertz CT molecular complexity index is 1540. The van der Waals surface area contributed by atoms with Gasteiger partial charge in [-0.3, -0.25) is 9.36 Å². The van der Waals surface area contributed by atoms with Crippen LogP contribution in [-0.4, -0.2) is 52.6 Å². The van der Waals surface area contributed by atoms with Gasteiger partial charge in [0, 0.05) is 19.8 Å². The number of benzene rings is 2. The molecule has 1 aromatic heterocycles. The Morgan fingerprint density at radius 2 is 1.71 bits per heavy atom. The standard InChI is InChI=1S/C28H31N3O6S/c1-8-37-27(33)23-16(2)29-28-31(24(23)18-9-11-19(12-10-18)30(3)4)26(32)22(38-28)15-17-13-20(34-5)25(36-7)21(14-17)35-6/h9-15,24H,8H2,1-7H3/b22-15+/t24-/m1/s1. The molecular formula is C28H31N3O6S. The number of fused-ring (bicyclic) bond motifs is 1. The molecule has 1 atom stereocenters. The van der Waals surface area contributed by atoms with Gasteiger partial charge in [0.15, 0.2) is 16.3 Å². The number of hydrogen-bond donors (Lipinski definition) is 0. The SMILES string of the molecule is CCOC(=O)C1=C(C)N=c2s/c(=C/c3cc(OC)c(OC)c(OC)c3)c(=O)n2[C@@H]1c1ccc(N(C)C)cc1. The topological polar surface area (TPSA) is 91.6 Å². The number of thiazole rings is 1. The zero-order valence-corrected chi connectivity index (χ0v) is 23.3. The van der Waals surface area contributed by atoms with E-state index in [4.69, 9.17) is 18.9 Å². The number of aromatic nitrogens is 1. The number of carbonyl (C=O) groups is 1. The van der Waals surface area contributed by atoms with E-state index < -0.39 is 12.0 Å². The fraction of sp³-hybridized carbons (Fsp3) is 0.321. The monoisotopic (exact) mass is 537 g/mol. The van der Waals surface area contributed by atoms with Crippen molar-refractivity contribution in [2.24, 2.45) is 4.99 Å². The van der Waals surface area contributed by atoms with Gasteiger partial charge in [-0.2, -0.15) is 0 Å². The summed E-state index contributed by atoms with van der Waals surface area (Å²) in [4.78, 5) is 34.1. The summed E-state index contributed by atoms with van der Waals surface area (Å²) in [7, 11) is 8.52. The maximum absolute atomic E-state index is 13.9. The highest BCUT2D eigenvalue weighted by Gasteiger charge is 2.33. The largest absolute Gasteiger partial charge is 0.493 e. The highest BCUT2D eigenvalue weighted by Crippen LogP contribution is 2.38. The van der Waals surface area contributed by atoms with Crippen LogP contribution in [-0.2, 0) is 9.53 Å². The van der Waals surface area contributed by atoms with Crippen molar-refractivity contribution in [3.05, 3.63) is 78.5 Å². The number of anilines is 1. The van der Waals surface area contributed by atoms with E-state index in [0.29, 0.717) is 43.4 Å². The number of ether oxygens (including phenoxy) is 4. The van der Waals surface area contributed by atoms with E-state index in [2.05, 4.69) is 4.99 Å². The van der Waals surface area contributed by atoms with Crippen molar-refractivity contribution in [3.63, 3.8) is 0 Å². The molecule has 9 nitrogen and oxygen atoms in total. The van der Waals surface area contributed by atoms with E-state index >= 15 is 0 Å². The van der Waals surface area contributed by atoms with Gasteiger partial charge >= 0.3 is 5.97 Å². The fourth-order valence-electron chi connectivity index (χ4n) is 4.40. The molecule has 0 saturated carbocycles. The molecular weight excluding hydrogens is 506 g/mol. The minimum absolute atomic E-state index is 0.216. The van der Waals surface area contributed by atoms with Crippen LogP contribution in [0.1, 0.15) is 31.0 Å². The maximum atomic E-state index is 13.9. The molecule has 200 valence electrons. The first-order valence-corrected chi connectivity index (χ1v) is 12.8. The first kappa shape index (κ1) is 27.0. The van der Waals surface area contributed by atoms with E-state index in [1.165, 1.54) is 32.7 Å². The fourth-order valence-corrected chi connectivity index (χ4v) is 5.44. The summed E-state index contributed by atoms with van der Waals surface area (Å²) in [6.07, 6.45) is 1.75. The molecule has 38 heavy (non-hydrogen) atoms. The van der Waals surface area contributed by atoms with E-state index in [0.717, 1.165) is 11.3 Å². The van der Waals surface area contributed by atoms with E-state index in [1.807, 2.05) is 43.3 Å². The smallest absolute Gasteiger partial charge is 0.338 e. The third-order valence-corrected chi connectivity index (χ3v) is 7.21. The second kappa shape index (κ2) is 11.1. The van der Waals surface area contributed by atoms with Crippen LogP contribution >= 0.6 is 11.3 Å². The highest BCUT2D eigenvalue weighted by molar-refractivity contribution is 7.07. The number of allylic oxidation sites excluding steroid dienone is 1. The molecule has 0 unspecified atom stereocenters. The lowest BCUT2D eigenvalue weighted by Gasteiger charge is -2.25. The Kier molecular flexibility index (Phi) is 7.91. The zero-order valence-electron chi connectivity index (χ0n) is 22.5. The quantitative estimate of drug-likeness (QED) is 0.408. The molecule has 0 fully saturated rings. The molecule has 0 N–H and O–H groups in total. The Labute approximate surface area is 224 Å². The van der Waals surface area contributed by atoms with Crippen LogP contribution in [0.15, 0.2) is 57.5 Å². The molecule has 1 aliphatic rings. The van der Waals surface area contributed by atoms with Crippen LogP contribution in [0.5, 0.6) is 17.2 Å². The Morgan fingerprint density at radius 1 is 1.08 bits per heavy atom. The van der Waals surface area contributed by atoms with Crippen LogP contribution in [0.25, 0.3) is 6.08 Å². The van der Waals surface area contributed by atoms with Gasteiger partial charge in [0.2, 0.25) is 5.75 Å². The summed E-state index contributed by atoms with van der Waals surface area (Å²) in [5.41, 5.74) is 3.08. The summed E-state index contributed by atoms with van der Waals surface area (Å²) in [6, 6.07) is 10.6. The molecule has 0 bridgehead atoms. The van der Waals surface area contributed by atoms with Crippen molar-refractivity contribution in [2.75, 3.05) is 46.9 Å². The average Bonchev–Trinajstić information content (AvgIpc) is 3.21. The second-order valence-corrected chi connectivity index (χ2v) is 9.76. The van der Waals surface area contributed by atoms with Crippen LogP contribution in [0, 0.1) is 0 Å². The van der Waals surface area contributed by atoms with Gasteiger partial charge in [-0.15, -0.1) is 0 Å². The molecule has 2 aromatic carbocycles. The summed E-state index contributed by atoms with van der Waals surface area (Å²) in [5, 5.41) is 0. The Balaban J connectivity index is 1.93. The van der Waals surface area contributed by atoms with Gasteiger partial charge in [0.25, 0.3) is 5.56 Å². The zero-order chi connectivity index (χ0) is 27.6. The molecule has 0 spiro atoms. The molecule has 0 aliphatic carbocycles. The van der Waals surface area contributed by atoms with Gasteiger partial charge in [0.1, 0.15) is 0 Å². The highest BCUT2D eigenvalue weighted by atomic mass is 32.1. The first-order valence-electron chi connectivity index (χ1n) is 12.0. The van der Waals surface area contributed by atoms with Gasteiger partial charge < -0.3 is 23.8 Å². The number of rotatable bonds is 8. The summed E-state index contributed by atoms with van der Waals surface area (Å²) < 4.78 is 23.7. The lowest BCUT2D eigenvalue weighted by Crippen LogP contribution is -2.39. The van der Waals surface area contributed by atoms with Crippen molar-refractivity contribution in [1.29, 1.82) is 0 Å². The van der Waals surface area contributed by atoms with E-state index in [9.17, 15) is 9.59 Å².